The standard InChI is InChI=1S/C7H14F3NO2S/c1-2-4-14(12,13)5-3-11-6-7(8,9)10/h11H,2-6H2,1H3. The van der Waals surface area contributed by atoms with E-state index < -0.39 is 22.6 Å². The van der Waals surface area contributed by atoms with E-state index in [0.29, 0.717) is 6.42 Å². The van der Waals surface area contributed by atoms with Gasteiger partial charge in [-0.3, -0.25) is 0 Å². The summed E-state index contributed by atoms with van der Waals surface area (Å²) in [5.74, 6) is -0.211. The van der Waals surface area contributed by atoms with Gasteiger partial charge < -0.3 is 5.32 Å². The van der Waals surface area contributed by atoms with Crippen molar-refractivity contribution in [1.82, 2.24) is 5.32 Å². The van der Waals surface area contributed by atoms with Crippen molar-refractivity contribution in [2.24, 2.45) is 0 Å². The zero-order valence-electron chi connectivity index (χ0n) is 7.89. The zero-order valence-corrected chi connectivity index (χ0v) is 8.71. The third-order valence-electron chi connectivity index (χ3n) is 1.43. The second-order valence-corrected chi connectivity index (χ2v) is 5.25. The van der Waals surface area contributed by atoms with Gasteiger partial charge in [0.2, 0.25) is 0 Å². The summed E-state index contributed by atoms with van der Waals surface area (Å²) >= 11 is 0. The minimum absolute atomic E-state index is 0.0285. The predicted molar refractivity (Wildman–Crippen MR) is 47.9 cm³/mol. The van der Waals surface area contributed by atoms with E-state index in [-0.39, 0.29) is 18.1 Å². The van der Waals surface area contributed by atoms with E-state index in [9.17, 15) is 21.6 Å². The van der Waals surface area contributed by atoms with E-state index >= 15 is 0 Å². The van der Waals surface area contributed by atoms with Crippen LogP contribution < -0.4 is 5.32 Å². The van der Waals surface area contributed by atoms with E-state index in [1.54, 1.807) is 6.92 Å². The molecular weight excluding hydrogens is 219 g/mol. The largest absolute Gasteiger partial charge is 0.401 e. The summed E-state index contributed by atoms with van der Waals surface area (Å²) in [6, 6.07) is 0. The fourth-order valence-corrected chi connectivity index (χ4v) is 2.15. The van der Waals surface area contributed by atoms with Crippen LogP contribution in [0.4, 0.5) is 13.2 Å². The second-order valence-electron chi connectivity index (χ2n) is 2.94. The molecule has 0 saturated carbocycles. The average molecular weight is 233 g/mol. The maximum absolute atomic E-state index is 11.6. The number of rotatable bonds is 6. The lowest BCUT2D eigenvalue weighted by atomic mass is 10.6. The molecule has 0 saturated heterocycles. The molecule has 0 rings (SSSR count). The minimum Gasteiger partial charge on any atom is -0.308 e. The molecule has 0 atom stereocenters. The van der Waals surface area contributed by atoms with E-state index in [1.807, 2.05) is 5.32 Å². The van der Waals surface area contributed by atoms with Crippen LogP contribution in [0, 0.1) is 0 Å². The van der Waals surface area contributed by atoms with Crippen molar-refractivity contribution in [3.63, 3.8) is 0 Å². The molecule has 0 unspecified atom stereocenters. The van der Waals surface area contributed by atoms with Gasteiger partial charge in [0.25, 0.3) is 0 Å². The molecule has 1 N–H and O–H groups in total. The van der Waals surface area contributed by atoms with E-state index in [0.717, 1.165) is 0 Å². The Morgan fingerprint density at radius 3 is 2.21 bits per heavy atom. The van der Waals surface area contributed by atoms with Crippen LogP contribution in [0.3, 0.4) is 0 Å². The molecule has 0 bridgehead atoms. The van der Waals surface area contributed by atoms with Crippen LogP contribution in [0.2, 0.25) is 0 Å². The average Bonchev–Trinajstić information content (AvgIpc) is 1.96. The number of hydrogen-bond acceptors (Lipinski definition) is 3. The summed E-state index contributed by atoms with van der Waals surface area (Å²) in [7, 11) is -3.18. The van der Waals surface area contributed by atoms with Crippen molar-refractivity contribution in [2.75, 3.05) is 24.6 Å². The van der Waals surface area contributed by atoms with Crippen molar-refractivity contribution in [3.05, 3.63) is 0 Å². The first kappa shape index (κ1) is 13.7. The third kappa shape index (κ3) is 8.31. The molecule has 0 aromatic heterocycles. The molecule has 0 fully saturated rings. The highest BCUT2D eigenvalue weighted by Crippen LogP contribution is 2.11. The molecule has 0 radical (unpaired) electrons. The van der Waals surface area contributed by atoms with Crippen LogP contribution in [0.25, 0.3) is 0 Å². The fourth-order valence-electron chi connectivity index (χ4n) is 0.871. The topological polar surface area (TPSA) is 46.2 Å². The monoisotopic (exact) mass is 233 g/mol. The highest BCUT2D eigenvalue weighted by atomic mass is 32.2. The highest BCUT2D eigenvalue weighted by molar-refractivity contribution is 7.91. The predicted octanol–water partition coefficient (Wildman–Crippen LogP) is 0.963. The molecule has 0 aromatic rings. The second kappa shape index (κ2) is 5.55. The number of sulfone groups is 1. The Hall–Kier alpha value is -0.300. The number of alkyl halides is 3. The number of halogens is 3. The summed E-state index contributed by atoms with van der Waals surface area (Å²) in [4.78, 5) is 0. The Bertz CT molecular complexity index is 248. The first-order chi connectivity index (χ1) is 6.27. The van der Waals surface area contributed by atoms with Gasteiger partial charge in [0.15, 0.2) is 9.84 Å². The molecule has 0 aliphatic heterocycles. The van der Waals surface area contributed by atoms with Crippen molar-refractivity contribution in [3.8, 4) is 0 Å². The lowest BCUT2D eigenvalue weighted by Gasteiger charge is -2.07. The van der Waals surface area contributed by atoms with Crippen LogP contribution >= 0.6 is 0 Å². The van der Waals surface area contributed by atoms with Gasteiger partial charge in [-0.1, -0.05) is 6.92 Å². The van der Waals surface area contributed by atoms with Gasteiger partial charge in [0.1, 0.15) is 0 Å². The highest BCUT2D eigenvalue weighted by Gasteiger charge is 2.26. The summed E-state index contributed by atoms with van der Waals surface area (Å²) < 4.78 is 56.9. The molecule has 3 nitrogen and oxygen atoms in total. The van der Waals surface area contributed by atoms with Crippen molar-refractivity contribution >= 4 is 9.84 Å². The summed E-state index contributed by atoms with van der Waals surface area (Å²) in [6.07, 6.45) is -3.80. The van der Waals surface area contributed by atoms with E-state index in [2.05, 4.69) is 0 Å². The van der Waals surface area contributed by atoms with E-state index in [1.165, 1.54) is 0 Å². The zero-order chi connectivity index (χ0) is 11.2. The van der Waals surface area contributed by atoms with E-state index in [4.69, 9.17) is 0 Å². The molecule has 0 heterocycles. The molecule has 86 valence electrons. The normalized spacial score (nSPS) is 13.1. The first-order valence-electron chi connectivity index (χ1n) is 4.25. The van der Waals surface area contributed by atoms with Crippen LogP contribution in [-0.4, -0.2) is 39.2 Å². The molecule has 0 aliphatic rings. The van der Waals surface area contributed by atoms with Crippen molar-refractivity contribution in [1.29, 1.82) is 0 Å². The van der Waals surface area contributed by atoms with Gasteiger partial charge in [-0.2, -0.15) is 13.2 Å². The van der Waals surface area contributed by atoms with Gasteiger partial charge in [0.05, 0.1) is 12.3 Å². The van der Waals surface area contributed by atoms with Gasteiger partial charge in [0, 0.05) is 12.3 Å². The Morgan fingerprint density at radius 1 is 1.21 bits per heavy atom. The Morgan fingerprint density at radius 2 is 1.79 bits per heavy atom. The van der Waals surface area contributed by atoms with Crippen LogP contribution in [0.1, 0.15) is 13.3 Å². The van der Waals surface area contributed by atoms with Crippen molar-refractivity contribution < 1.29 is 21.6 Å². The first-order valence-corrected chi connectivity index (χ1v) is 6.07. The van der Waals surface area contributed by atoms with Gasteiger partial charge >= 0.3 is 6.18 Å². The molecule has 0 aliphatic carbocycles. The molecular formula is C7H14F3NO2S. The molecule has 0 spiro atoms. The Kier molecular flexibility index (Phi) is 5.43. The van der Waals surface area contributed by atoms with Crippen LogP contribution in [0.5, 0.6) is 0 Å². The SMILES string of the molecule is CCCS(=O)(=O)CCNCC(F)(F)F. The molecule has 7 heteroatoms. The quantitative estimate of drug-likeness (QED) is 0.695. The fraction of sp³-hybridized carbons (Fsp3) is 1.00. The molecule has 14 heavy (non-hydrogen) atoms. The minimum atomic E-state index is -4.28. The Labute approximate surface area is 81.6 Å². The molecule has 0 amide bonds. The maximum atomic E-state index is 11.6. The molecule has 0 aromatic carbocycles. The summed E-state index contributed by atoms with van der Waals surface area (Å²) in [5, 5.41) is 2.04. The van der Waals surface area contributed by atoms with Gasteiger partial charge in [-0.25, -0.2) is 8.42 Å². The van der Waals surface area contributed by atoms with Crippen LogP contribution in [-0.2, 0) is 9.84 Å². The smallest absolute Gasteiger partial charge is 0.308 e. The summed E-state index contributed by atoms with van der Waals surface area (Å²) in [6.45, 7) is 0.414. The lowest BCUT2D eigenvalue weighted by Crippen LogP contribution is -2.32. The van der Waals surface area contributed by atoms with Gasteiger partial charge in [-0.15, -0.1) is 0 Å². The maximum Gasteiger partial charge on any atom is 0.401 e. The lowest BCUT2D eigenvalue weighted by molar-refractivity contribution is -0.124. The Balaban J connectivity index is 3.65. The van der Waals surface area contributed by atoms with Gasteiger partial charge in [-0.05, 0) is 6.42 Å². The summed E-state index contributed by atoms with van der Waals surface area (Å²) in [5.41, 5.74) is 0. The third-order valence-corrected chi connectivity index (χ3v) is 3.29. The van der Waals surface area contributed by atoms with Crippen LogP contribution in [0.15, 0.2) is 0 Å². The number of hydrogen-bond donors (Lipinski definition) is 1. The van der Waals surface area contributed by atoms with Crippen molar-refractivity contribution in [2.45, 2.75) is 19.5 Å². The number of nitrogens with one attached hydrogen (secondary N) is 1.